The van der Waals surface area contributed by atoms with Crippen LogP contribution >= 0.6 is 0 Å². The first kappa shape index (κ1) is 20.2. The number of aryl methyl sites for hydroxylation is 1. The number of nitrogens with one attached hydrogen (secondary N) is 1. The average Bonchev–Trinajstić information content (AvgIpc) is 3.23. The number of ether oxygens (including phenoxy) is 2. The largest absolute Gasteiger partial charge is 0.469 e. The molecule has 9 nitrogen and oxygen atoms in total. The fourth-order valence-corrected chi connectivity index (χ4v) is 4.03. The Kier molecular flexibility index (Phi) is 5.63. The smallest absolute Gasteiger partial charge is 0.414 e. The molecule has 160 valence electrons. The molecule has 1 atom stereocenters. The number of rotatable bonds is 5. The van der Waals surface area contributed by atoms with Crippen molar-refractivity contribution in [3.8, 4) is 0 Å². The van der Waals surface area contributed by atoms with Gasteiger partial charge in [-0.25, -0.2) is 4.79 Å². The third kappa shape index (κ3) is 4.11. The maximum absolute atomic E-state index is 12.4. The van der Waals surface area contributed by atoms with Crippen molar-refractivity contribution in [2.24, 2.45) is 0 Å². The van der Waals surface area contributed by atoms with Crippen LogP contribution in [0, 0.1) is 0 Å². The van der Waals surface area contributed by atoms with E-state index in [0.29, 0.717) is 6.54 Å². The molecule has 1 aromatic rings. The van der Waals surface area contributed by atoms with Gasteiger partial charge >= 0.3 is 12.1 Å². The highest BCUT2D eigenvalue weighted by atomic mass is 16.7. The minimum Gasteiger partial charge on any atom is -0.469 e. The maximum Gasteiger partial charge on any atom is 0.414 e. The summed E-state index contributed by atoms with van der Waals surface area (Å²) < 4.78 is 9.84. The van der Waals surface area contributed by atoms with Crippen LogP contribution in [-0.4, -0.2) is 62.9 Å². The highest BCUT2D eigenvalue weighted by Crippen LogP contribution is 2.37. The molecule has 1 N–H and O–H groups in total. The van der Waals surface area contributed by atoms with Crippen LogP contribution < -0.4 is 10.2 Å². The number of hydrogen-bond donors (Lipinski definition) is 1. The number of amides is 2. The minimum atomic E-state index is -0.613. The Morgan fingerprint density at radius 2 is 2.13 bits per heavy atom. The third-order valence-electron chi connectivity index (χ3n) is 5.49. The zero-order valence-corrected chi connectivity index (χ0v) is 17.1. The third-order valence-corrected chi connectivity index (χ3v) is 5.49. The van der Waals surface area contributed by atoms with Gasteiger partial charge in [0.1, 0.15) is 12.5 Å². The van der Waals surface area contributed by atoms with E-state index in [-0.39, 0.29) is 13.0 Å². The van der Waals surface area contributed by atoms with Crippen LogP contribution in [0.5, 0.6) is 0 Å². The monoisotopic (exact) mass is 415 g/mol. The number of cyclic esters (lactones) is 1. The molecule has 2 amide bonds. The van der Waals surface area contributed by atoms with E-state index in [1.54, 1.807) is 4.90 Å². The van der Waals surface area contributed by atoms with E-state index in [0.717, 1.165) is 48.4 Å². The average molecular weight is 415 g/mol. The number of anilines is 1. The Labute approximate surface area is 174 Å². The summed E-state index contributed by atoms with van der Waals surface area (Å²) in [5.74, 6) is -0.142. The predicted octanol–water partition coefficient (Wildman–Crippen LogP) is 1.62. The van der Waals surface area contributed by atoms with Gasteiger partial charge < -0.3 is 19.6 Å². The highest BCUT2D eigenvalue weighted by Gasteiger charge is 2.34. The Morgan fingerprint density at radius 3 is 2.93 bits per heavy atom. The summed E-state index contributed by atoms with van der Waals surface area (Å²) in [5, 5.41) is 4.44. The van der Waals surface area contributed by atoms with Crippen molar-refractivity contribution in [1.29, 1.82) is 0 Å². The van der Waals surface area contributed by atoms with Gasteiger partial charge in [-0.1, -0.05) is 0 Å². The number of methoxy groups -OCH3 is 1. The van der Waals surface area contributed by atoms with E-state index in [1.807, 2.05) is 30.3 Å². The lowest BCUT2D eigenvalue weighted by atomic mass is 10.0. The van der Waals surface area contributed by atoms with E-state index in [2.05, 4.69) is 10.1 Å². The van der Waals surface area contributed by atoms with Gasteiger partial charge in [0.15, 0.2) is 5.76 Å². The van der Waals surface area contributed by atoms with Gasteiger partial charge in [-0.15, -0.1) is 5.06 Å². The first-order valence-electron chi connectivity index (χ1n) is 10.0. The second-order valence-corrected chi connectivity index (χ2v) is 7.68. The second-order valence-electron chi connectivity index (χ2n) is 7.68. The number of hydroxylamine groups is 2. The zero-order valence-electron chi connectivity index (χ0n) is 17.1. The summed E-state index contributed by atoms with van der Waals surface area (Å²) >= 11 is 0. The van der Waals surface area contributed by atoms with Crippen molar-refractivity contribution in [1.82, 2.24) is 10.4 Å². The van der Waals surface area contributed by atoms with Crippen molar-refractivity contribution >= 4 is 29.4 Å². The SMILES string of the molecule is COC(=O)CC(=O)NCC1CN(c2ccc3c(c2)CCCC2=C3ON(C)C2)C(=O)O1. The quantitative estimate of drug-likeness (QED) is 0.576. The molecule has 1 unspecified atom stereocenters. The van der Waals surface area contributed by atoms with Crippen molar-refractivity contribution in [2.75, 3.05) is 38.7 Å². The van der Waals surface area contributed by atoms with E-state index >= 15 is 0 Å². The molecule has 0 radical (unpaired) electrons. The van der Waals surface area contributed by atoms with Gasteiger partial charge in [-0.3, -0.25) is 14.5 Å². The number of nitrogens with zero attached hydrogens (tertiary/aromatic N) is 2. The lowest BCUT2D eigenvalue weighted by Gasteiger charge is -2.17. The normalized spacial score (nSPS) is 20.8. The Morgan fingerprint density at radius 1 is 1.30 bits per heavy atom. The summed E-state index contributed by atoms with van der Waals surface area (Å²) in [5.41, 5.74) is 4.30. The lowest BCUT2D eigenvalue weighted by Crippen LogP contribution is -2.35. The molecule has 30 heavy (non-hydrogen) atoms. The fourth-order valence-electron chi connectivity index (χ4n) is 4.03. The maximum atomic E-state index is 12.4. The summed E-state index contributed by atoms with van der Waals surface area (Å²) in [7, 11) is 3.15. The molecule has 0 spiro atoms. The van der Waals surface area contributed by atoms with Crippen molar-refractivity contribution < 1.29 is 28.7 Å². The van der Waals surface area contributed by atoms with Crippen LogP contribution in [0.2, 0.25) is 0 Å². The van der Waals surface area contributed by atoms with Crippen LogP contribution in [0.4, 0.5) is 10.5 Å². The molecule has 0 aromatic heterocycles. The predicted molar refractivity (Wildman–Crippen MR) is 107 cm³/mol. The van der Waals surface area contributed by atoms with Crippen molar-refractivity contribution in [3.63, 3.8) is 0 Å². The molecule has 1 aliphatic carbocycles. The summed E-state index contributed by atoms with van der Waals surface area (Å²) in [4.78, 5) is 42.7. The number of likely N-dealkylation sites (N-methyl/N-ethyl adjacent to an activating group) is 1. The highest BCUT2D eigenvalue weighted by molar-refractivity contribution is 5.94. The van der Waals surface area contributed by atoms with E-state index in [4.69, 9.17) is 9.57 Å². The molecule has 1 aromatic carbocycles. The van der Waals surface area contributed by atoms with E-state index in [1.165, 1.54) is 12.7 Å². The van der Waals surface area contributed by atoms with Crippen molar-refractivity contribution in [2.45, 2.75) is 31.8 Å². The molecule has 9 heteroatoms. The molecule has 1 saturated heterocycles. The number of fused-ring (bicyclic) bond motifs is 2. The number of carbonyl (C=O) groups excluding carboxylic acids is 3. The van der Waals surface area contributed by atoms with E-state index in [9.17, 15) is 14.4 Å². The summed E-state index contributed by atoms with van der Waals surface area (Å²) in [6.07, 6.45) is 1.65. The lowest BCUT2D eigenvalue weighted by molar-refractivity contribution is -0.143. The van der Waals surface area contributed by atoms with Gasteiger partial charge in [0.05, 0.1) is 26.7 Å². The number of hydrogen-bond acceptors (Lipinski definition) is 7. The van der Waals surface area contributed by atoms with E-state index < -0.39 is 24.1 Å². The Hall–Kier alpha value is -3.07. The molecular formula is C21H25N3O6. The molecule has 0 bridgehead atoms. The van der Waals surface area contributed by atoms with Gasteiger partial charge in [0, 0.05) is 18.3 Å². The van der Waals surface area contributed by atoms with Gasteiger partial charge in [0.2, 0.25) is 5.91 Å². The van der Waals surface area contributed by atoms with Crippen LogP contribution in [-0.2, 0) is 30.3 Å². The molecule has 1 fully saturated rings. The van der Waals surface area contributed by atoms with Crippen LogP contribution in [0.1, 0.15) is 30.4 Å². The van der Waals surface area contributed by atoms with Crippen LogP contribution in [0.3, 0.4) is 0 Å². The molecule has 2 aliphatic heterocycles. The second kappa shape index (κ2) is 8.35. The molecule has 4 rings (SSSR count). The number of esters is 1. The van der Waals surface area contributed by atoms with Crippen molar-refractivity contribution in [3.05, 3.63) is 34.9 Å². The summed E-state index contributed by atoms with van der Waals surface area (Å²) in [6.45, 7) is 1.28. The van der Waals surface area contributed by atoms with Gasteiger partial charge in [-0.05, 0) is 48.6 Å². The minimum absolute atomic E-state index is 0.138. The Bertz CT molecular complexity index is 912. The zero-order chi connectivity index (χ0) is 21.3. The topological polar surface area (TPSA) is 97.4 Å². The molecular weight excluding hydrogens is 390 g/mol. The van der Waals surface area contributed by atoms with Crippen LogP contribution in [0.15, 0.2) is 23.8 Å². The molecule has 3 aliphatic rings. The molecule has 2 heterocycles. The van der Waals surface area contributed by atoms with Gasteiger partial charge in [0.25, 0.3) is 0 Å². The first-order valence-corrected chi connectivity index (χ1v) is 10.0. The summed E-state index contributed by atoms with van der Waals surface area (Å²) in [6, 6.07) is 5.92. The van der Waals surface area contributed by atoms with Gasteiger partial charge in [-0.2, -0.15) is 0 Å². The molecule has 0 saturated carbocycles. The van der Waals surface area contributed by atoms with Crippen LogP contribution in [0.25, 0.3) is 5.76 Å². The first-order chi connectivity index (χ1) is 14.4. The standard InChI is InChI=1S/C21H25N3O6/c1-23-11-14-5-3-4-13-8-15(6-7-17(13)20(14)30-23)24-12-16(29-21(24)27)10-22-18(25)9-19(26)28-2/h6-8,16H,3-5,9-12H2,1-2H3,(H,22,25). The number of benzene rings is 1. The fraction of sp³-hybridized carbons (Fsp3) is 0.476. The Balaban J connectivity index is 1.43. The number of carbonyl (C=O) groups is 3.